The number of nitrogens with zero attached hydrogens (tertiary/aromatic N) is 3. The van der Waals surface area contributed by atoms with Gasteiger partial charge in [-0.3, -0.25) is 10.1 Å². The van der Waals surface area contributed by atoms with E-state index in [1.54, 1.807) is 32.9 Å². The van der Waals surface area contributed by atoms with Crippen LogP contribution >= 0.6 is 11.6 Å². The maximum atomic E-state index is 13.5. The van der Waals surface area contributed by atoms with Crippen LogP contribution in [-0.4, -0.2) is 29.1 Å². The lowest BCUT2D eigenvalue weighted by atomic mass is 10.1. The Morgan fingerprint density at radius 1 is 1.12 bits per heavy atom. The molecule has 9 nitrogen and oxygen atoms in total. The third-order valence-corrected chi connectivity index (χ3v) is 6.90. The number of carbonyl (C=O) groups excluding carboxylic acids is 1. The molecule has 0 atom stereocenters. The fourth-order valence-corrected chi connectivity index (χ4v) is 4.84. The van der Waals surface area contributed by atoms with Crippen molar-refractivity contribution < 1.29 is 22.9 Å². The van der Waals surface area contributed by atoms with Crippen LogP contribution in [-0.2, 0) is 15.4 Å². The standard InChI is InChI=1S/C22H22ClN3O6S/c1-13-6-9-16(10-7-13)33(30,31)19-14(2)24-25(22(3,4)5)20(19)32-21(27)17-12-15(23)8-11-18(17)26(28)29/h6-12H,1-5H3. The van der Waals surface area contributed by atoms with Crippen LogP contribution in [0.4, 0.5) is 5.69 Å². The van der Waals surface area contributed by atoms with Gasteiger partial charge in [-0.1, -0.05) is 29.3 Å². The van der Waals surface area contributed by atoms with E-state index in [0.29, 0.717) is 0 Å². The van der Waals surface area contributed by atoms with Crippen LogP contribution < -0.4 is 4.74 Å². The second-order valence-corrected chi connectivity index (χ2v) is 10.7. The summed E-state index contributed by atoms with van der Waals surface area (Å²) in [7, 11) is -4.14. The topological polar surface area (TPSA) is 121 Å². The van der Waals surface area contributed by atoms with Crippen molar-refractivity contribution in [3.8, 4) is 5.88 Å². The van der Waals surface area contributed by atoms with Gasteiger partial charge in [0.25, 0.3) is 5.69 Å². The van der Waals surface area contributed by atoms with E-state index in [4.69, 9.17) is 16.3 Å². The number of esters is 1. The normalized spacial score (nSPS) is 11.9. The molecule has 0 amide bonds. The number of rotatable bonds is 5. The molecule has 3 rings (SSSR count). The fourth-order valence-electron chi connectivity index (χ4n) is 3.15. The quantitative estimate of drug-likeness (QED) is 0.283. The first-order valence-corrected chi connectivity index (χ1v) is 11.7. The summed E-state index contributed by atoms with van der Waals surface area (Å²) in [5.74, 6) is -1.46. The van der Waals surface area contributed by atoms with Gasteiger partial charge in [-0.15, -0.1) is 0 Å². The molecule has 1 heterocycles. The Hall–Kier alpha value is -3.24. The molecule has 0 unspecified atom stereocenters. The first kappa shape index (κ1) is 24.4. The number of ether oxygens (including phenoxy) is 1. The Kier molecular flexibility index (Phi) is 6.36. The van der Waals surface area contributed by atoms with Crippen LogP contribution in [0.3, 0.4) is 0 Å². The molecule has 0 saturated carbocycles. The van der Waals surface area contributed by atoms with Gasteiger partial charge < -0.3 is 4.74 Å². The predicted molar refractivity (Wildman–Crippen MR) is 122 cm³/mol. The van der Waals surface area contributed by atoms with E-state index in [-0.39, 0.29) is 26.4 Å². The predicted octanol–water partition coefficient (Wildman–Crippen LogP) is 4.87. The third kappa shape index (κ3) is 4.76. The summed E-state index contributed by atoms with van der Waals surface area (Å²) >= 11 is 5.93. The summed E-state index contributed by atoms with van der Waals surface area (Å²) in [6.07, 6.45) is 0. The molecular weight excluding hydrogens is 470 g/mol. The molecule has 0 bridgehead atoms. The number of carbonyl (C=O) groups is 1. The van der Waals surface area contributed by atoms with E-state index >= 15 is 0 Å². The Bertz CT molecular complexity index is 1360. The highest BCUT2D eigenvalue weighted by molar-refractivity contribution is 7.91. The van der Waals surface area contributed by atoms with Crippen molar-refractivity contribution in [3.63, 3.8) is 0 Å². The Labute approximate surface area is 196 Å². The molecule has 0 saturated heterocycles. The van der Waals surface area contributed by atoms with E-state index < -0.39 is 37.5 Å². The number of halogens is 1. The molecule has 3 aromatic rings. The maximum absolute atomic E-state index is 13.5. The van der Waals surface area contributed by atoms with Gasteiger partial charge in [0.1, 0.15) is 5.56 Å². The molecule has 2 aromatic carbocycles. The lowest BCUT2D eigenvalue weighted by molar-refractivity contribution is -0.385. The van der Waals surface area contributed by atoms with Crippen molar-refractivity contribution in [2.24, 2.45) is 0 Å². The Balaban J connectivity index is 2.22. The largest absolute Gasteiger partial charge is 0.402 e. The molecule has 33 heavy (non-hydrogen) atoms. The summed E-state index contributed by atoms with van der Waals surface area (Å²) < 4.78 is 33.8. The van der Waals surface area contributed by atoms with Crippen molar-refractivity contribution in [1.82, 2.24) is 9.78 Å². The first-order valence-electron chi connectivity index (χ1n) is 9.81. The van der Waals surface area contributed by atoms with Crippen LogP contribution in [0.1, 0.15) is 42.4 Å². The molecule has 0 spiro atoms. The fraction of sp³-hybridized carbons (Fsp3) is 0.273. The monoisotopic (exact) mass is 491 g/mol. The molecule has 0 aliphatic rings. The van der Waals surface area contributed by atoms with Gasteiger partial charge >= 0.3 is 5.97 Å². The van der Waals surface area contributed by atoms with Crippen LogP contribution in [0.5, 0.6) is 5.88 Å². The highest BCUT2D eigenvalue weighted by Crippen LogP contribution is 2.37. The third-order valence-electron chi connectivity index (χ3n) is 4.77. The molecule has 0 radical (unpaired) electrons. The highest BCUT2D eigenvalue weighted by Gasteiger charge is 2.35. The van der Waals surface area contributed by atoms with Gasteiger partial charge in [0.05, 0.1) is 21.1 Å². The van der Waals surface area contributed by atoms with Crippen LogP contribution in [0, 0.1) is 24.0 Å². The molecule has 0 N–H and O–H groups in total. The molecule has 0 fully saturated rings. The minimum absolute atomic E-state index is 0.00399. The number of benzene rings is 2. The van der Waals surface area contributed by atoms with E-state index in [0.717, 1.165) is 17.7 Å². The summed E-state index contributed by atoms with van der Waals surface area (Å²) in [4.78, 5) is 23.4. The van der Waals surface area contributed by atoms with Gasteiger partial charge in [-0.2, -0.15) is 5.10 Å². The van der Waals surface area contributed by atoms with Gasteiger partial charge in [0, 0.05) is 11.1 Å². The SMILES string of the molecule is Cc1ccc(S(=O)(=O)c2c(C)nn(C(C)(C)C)c2OC(=O)c2cc(Cl)ccc2[N+](=O)[O-])cc1. The van der Waals surface area contributed by atoms with Gasteiger partial charge in [0.2, 0.25) is 15.7 Å². The minimum atomic E-state index is -4.14. The number of sulfone groups is 1. The van der Waals surface area contributed by atoms with Gasteiger partial charge in [-0.25, -0.2) is 17.9 Å². The van der Waals surface area contributed by atoms with Crippen molar-refractivity contribution in [2.45, 2.75) is 49.9 Å². The summed E-state index contributed by atoms with van der Waals surface area (Å²) in [5.41, 5.74) is -0.719. The van der Waals surface area contributed by atoms with Crippen LogP contribution in [0.2, 0.25) is 5.02 Å². The van der Waals surface area contributed by atoms with Gasteiger partial charge in [-0.05, 0) is 58.9 Å². The molecule has 0 aliphatic carbocycles. The van der Waals surface area contributed by atoms with Crippen molar-refractivity contribution >= 4 is 33.1 Å². The first-order chi connectivity index (χ1) is 15.2. The zero-order valence-corrected chi connectivity index (χ0v) is 20.2. The average molecular weight is 492 g/mol. The second-order valence-electron chi connectivity index (χ2n) is 8.43. The van der Waals surface area contributed by atoms with E-state index in [1.165, 1.54) is 29.8 Å². The summed E-state index contributed by atoms with van der Waals surface area (Å²) in [6.45, 7) is 8.57. The van der Waals surface area contributed by atoms with Crippen molar-refractivity contribution in [2.75, 3.05) is 0 Å². The molecule has 0 aliphatic heterocycles. The minimum Gasteiger partial charge on any atom is -0.402 e. The molecule has 1 aromatic heterocycles. The summed E-state index contributed by atoms with van der Waals surface area (Å²) in [6, 6.07) is 9.65. The number of hydrogen-bond acceptors (Lipinski definition) is 7. The molecule has 11 heteroatoms. The van der Waals surface area contributed by atoms with E-state index in [2.05, 4.69) is 5.10 Å². The Morgan fingerprint density at radius 3 is 2.27 bits per heavy atom. The number of hydrogen-bond donors (Lipinski definition) is 0. The van der Waals surface area contributed by atoms with Gasteiger partial charge in [0.15, 0.2) is 4.90 Å². The van der Waals surface area contributed by atoms with Crippen molar-refractivity contribution in [1.29, 1.82) is 0 Å². The van der Waals surface area contributed by atoms with E-state index in [1.807, 2.05) is 6.92 Å². The van der Waals surface area contributed by atoms with E-state index in [9.17, 15) is 23.3 Å². The highest BCUT2D eigenvalue weighted by atomic mass is 35.5. The second kappa shape index (κ2) is 8.60. The Morgan fingerprint density at radius 2 is 1.73 bits per heavy atom. The van der Waals surface area contributed by atoms with Crippen LogP contribution in [0.15, 0.2) is 52.3 Å². The number of aromatic nitrogens is 2. The zero-order valence-electron chi connectivity index (χ0n) is 18.6. The molecule has 174 valence electrons. The summed E-state index contributed by atoms with van der Waals surface area (Å²) in [5, 5.41) is 15.8. The number of nitro benzene ring substituents is 1. The number of aryl methyl sites for hydroxylation is 2. The maximum Gasteiger partial charge on any atom is 0.351 e. The lowest BCUT2D eigenvalue weighted by Gasteiger charge is -2.22. The molecular formula is C22H22ClN3O6S. The van der Waals surface area contributed by atoms with Crippen LogP contribution in [0.25, 0.3) is 0 Å². The average Bonchev–Trinajstić information content (AvgIpc) is 3.04. The van der Waals surface area contributed by atoms with Crippen molar-refractivity contribution in [3.05, 3.63) is 74.4 Å². The smallest absolute Gasteiger partial charge is 0.351 e. The zero-order chi connectivity index (χ0) is 24.7. The lowest BCUT2D eigenvalue weighted by Crippen LogP contribution is -2.26. The number of nitro groups is 1.